The highest BCUT2D eigenvalue weighted by Crippen LogP contribution is 2.21. The minimum Gasteiger partial charge on any atom is -0.321 e. The van der Waals surface area contributed by atoms with Gasteiger partial charge in [0.15, 0.2) is 0 Å². The van der Waals surface area contributed by atoms with Crippen LogP contribution in [0.25, 0.3) is 0 Å². The maximum atomic E-state index is 12.4. The first-order valence-corrected chi connectivity index (χ1v) is 7.95. The summed E-state index contributed by atoms with van der Waals surface area (Å²) in [6.07, 6.45) is 0.559. The van der Waals surface area contributed by atoms with Crippen molar-refractivity contribution in [1.82, 2.24) is 0 Å². The monoisotopic (exact) mass is 341 g/mol. The number of benzene rings is 2. The molecule has 0 aliphatic carbocycles. The second-order valence-corrected chi connectivity index (χ2v) is 5.99. The zero-order valence-electron chi connectivity index (χ0n) is 13.1. The summed E-state index contributed by atoms with van der Waals surface area (Å²) in [6.45, 7) is 1.97. The number of halogens is 1. The Hall–Kier alpha value is -2.66. The molecular weight excluding hydrogens is 326 g/mol. The highest BCUT2D eigenvalue weighted by molar-refractivity contribution is 6.44. The van der Waals surface area contributed by atoms with Gasteiger partial charge in [-0.15, -0.1) is 0 Å². The molecule has 1 N–H and O–H groups in total. The number of aryl methyl sites for hydroxylation is 1. The first-order valence-electron chi connectivity index (χ1n) is 7.57. The first kappa shape index (κ1) is 16.2. The fourth-order valence-electron chi connectivity index (χ4n) is 2.37. The van der Waals surface area contributed by atoms with Gasteiger partial charge in [0.25, 0.3) is 5.91 Å². The lowest BCUT2D eigenvalue weighted by atomic mass is 10.1. The Morgan fingerprint density at radius 1 is 1.17 bits per heavy atom. The molecular formula is C18H16ClN3O2. The van der Waals surface area contributed by atoms with E-state index in [4.69, 9.17) is 11.6 Å². The molecule has 1 heterocycles. The molecule has 6 heteroatoms. The number of anilines is 2. The van der Waals surface area contributed by atoms with Gasteiger partial charge in [0.2, 0.25) is 5.91 Å². The minimum atomic E-state index is -0.332. The summed E-state index contributed by atoms with van der Waals surface area (Å²) in [5.41, 5.74) is 2.65. The highest BCUT2D eigenvalue weighted by atomic mass is 35.5. The van der Waals surface area contributed by atoms with Gasteiger partial charge in [0, 0.05) is 23.6 Å². The summed E-state index contributed by atoms with van der Waals surface area (Å²) in [5.74, 6) is -0.458. The Morgan fingerprint density at radius 2 is 1.92 bits per heavy atom. The van der Waals surface area contributed by atoms with Gasteiger partial charge in [-0.2, -0.15) is 5.10 Å². The van der Waals surface area contributed by atoms with E-state index >= 15 is 0 Å². The van der Waals surface area contributed by atoms with Gasteiger partial charge in [0.1, 0.15) is 5.71 Å². The van der Waals surface area contributed by atoms with Crippen molar-refractivity contribution in [2.75, 3.05) is 10.3 Å². The van der Waals surface area contributed by atoms with Crippen molar-refractivity contribution < 1.29 is 9.59 Å². The fraction of sp³-hybridized carbons (Fsp3) is 0.167. The number of rotatable bonds is 3. The molecule has 122 valence electrons. The number of nitrogens with one attached hydrogen (secondary N) is 1. The molecule has 2 amide bonds. The zero-order valence-corrected chi connectivity index (χ0v) is 13.9. The van der Waals surface area contributed by atoms with Gasteiger partial charge >= 0.3 is 0 Å². The second kappa shape index (κ2) is 6.84. The van der Waals surface area contributed by atoms with Crippen LogP contribution >= 0.6 is 11.6 Å². The quantitative estimate of drug-likeness (QED) is 0.923. The molecule has 3 rings (SSSR count). The molecule has 0 radical (unpaired) electrons. The molecule has 1 aliphatic rings. The summed E-state index contributed by atoms with van der Waals surface area (Å²) in [5, 5.41) is 8.82. The van der Waals surface area contributed by atoms with Crippen LogP contribution in [0.3, 0.4) is 0 Å². The summed E-state index contributed by atoms with van der Waals surface area (Å²) in [6, 6.07) is 14.3. The molecule has 0 saturated heterocycles. The molecule has 0 bridgehead atoms. The van der Waals surface area contributed by atoms with Crippen LogP contribution in [0.1, 0.15) is 18.4 Å². The molecule has 0 aromatic heterocycles. The topological polar surface area (TPSA) is 61.8 Å². The molecule has 0 atom stereocenters. The fourth-order valence-corrected chi connectivity index (χ4v) is 2.56. The van der Waals surface area contributed by atoms with Crippen molar-refractivity contribution in [3.05, 3.63) is 59.1 Å². The van der Waals surface area contributed by atoms with Crippen molar-refractivity contribution in [3.63, 3.8) is 0 Å². The molecule has 0 saturated carbocycles. The van der Waals surface area contributed by atoms with Gasteiger partial charge in [0.05, 0.1) is 5.69 Å². The normalized spacial score (nSPS) is 14.3. The van der Waals surface area contributed by atoms with Gasteiger partial charge in [-0.1, -0.05) is 35.4 Å². The third kappa shape index (κ3) is 3.63. The zero-order chi connectivity index (χ0) is 17.1. The lowest BCUT2D eigenvalue weighted by Gasteiger charge is -2.23. The third-order valence-corrected chi connectivity index (χ3v) is 3.89. The second-order valence-electron chi connectivity index (χ2n) is 5.55. The summed E-state index contributed by atoms with van der Waals surface area (Å²) >= 11 is 5.91. The van der Waals surface area contributed by atoms with E-state index in [2.05, 4.69) is 10.4 Å². The van der Waals surface area contributed by atoms with E-state index in [1.807, 2.05) is 31.2 Å². The van der Waals surface area contributed by atoms with Crippen LogP contribution in [-0.2, 0) is 9.59 Å². The number of hydrogen-bond donors (Lipinski definition) is 1. The van der Waals surface area contributed by atoms with Gasteiger partial charge in [-0.3, -0.25) is 9.59 Å². The number of carbonyl (C=O) groups excluding carboxylic acids is 2. The van der Waals surface area contributed by atoms with Crippen LogP contribution in [0.5, 0.6) is 0 Å². The van der Waals surface area contributed by atoms with E-state index in [0.29, 0.717) is 28.5 Å². The minimum absolute atomic E-state index is 0.127. The molecule has 0 unspecified atom stereocenters. The van der Waals surface area contributed by atoms with Crippen LogP contribution in [0.15, 0.2) is 53.6 Å². The molecule has 2 aromatic carbocycles. The number of hydrazone groups is 1. The van der Waals surface area contributed by atoms with Crippen molar-refractivity contribution in [2.45, 2.75) is 19.8 Å². The Morgan fingerprint density at radius 3 is 2.62 bits per heavy atom. The third-order valence-electron chi connectivity index (χ3n) is 3.66. The SMILES string of the molecule is Cc1ccc(N2N=C(C(=O)Nc3cccc(Cl)c3)CCC2=O)cc1. The average Bonchev–Trinajstić information content (AvgIpc) is 2.56. The standard InChI is InChI=1S/C18H16ClN3O2/c1-12-5-7-15(8-6-12)22-17(23)10-9-16(21-22)18(24)20-14-4-2-3-13(19)11-14/h2-8,11H,9-10H2,1H3,(H,20,24). The van der Waals surface area contributed by atoms with Gasteiger partial charge in [-0.25, -0.2) is 5.01 Å². The lowest BCUT2D eigenvalue weighted by molar-refractivity contribution is -0.118. The Bertz CT molecular complexity index is 815. The van der Waals surface area contributed by atoms with E-state index in [1.165, 1.54) is 5.01 Å². The van der Waals surface area contributed by atoms with Crippen LogP contribution in [0.2, 0.25) is 5.02 Å². The van der Waals surface area contributed by atoms with Crippen molar-refractivity contribution in [2.24, 2.45) is 5.10 Å². The summed E-state index contributed by atoms with van der Waals surface area (Å²) < 4.78 is 0. The molecule has 1 aliphatic heterocycles. The van der Waals surface area contributed by atoms with Crippen LogP contribution < -0.4 is 10.3 Å². The smallest absolute Gasteiger partial charge is 0.271 e. The lowest BCUT2D eigenvalue weighted by Crippen LogP contribution is -2.36. The van der Waals surface area contributed by atoms with Gasteiger partial charge < -0.3 is 5.32 Å². The number of amides is 2. The average molecular weight is 342 g/mol. The predicted octanol–water partition coefficient (Wildman–Crippen LogP) is 3.77. The van der Waals surface area contributed by atoms with Crippen molar-refractivity contribution in [1.29, 1.82) is 0 Å². The largest absolute Gasteiger partial charge is 0.321 e. The van der Waals surface area contributed by atoms with Crippen LogP contribution in [0.4, 0.5) is 11.4 Å². The maximum absolute atomic E-state index is 12.4. The highest BCUT2D eigenvalue weighted by Gasteiger charge is 2.25. The van der Waals surface area contributed by atoms with Crippen molar-refractivity contribution >= 4 is 40.5 Å². The predicted molar refractivity (Wildman–Crippen MR) is 95.4 cm³/mol. The molecule has 2 aromatic rings. The number of hydrogen-bond acceptors (Lipinski definition) is 3. The summed E-state index contributed by atoms with van der Waals surface area (Å²) in [7, 11) is 0. The summed E-state index contributed by atoms with van der Waals surface area (Å²) in [4.78, 5) is 24.5. The Balaban J connectivity index is 1.82. The van der Waals surface area contributed by atoms with E-state index in [0.717, 1.165) is 5.56 Å². The van der Waals surface area contributed by atoms with E-state index < -0.39 is 0 Å². The van der Waals surface area contributed by atoms with Gasteiger partial charge in [-0.05, 0) is 37.3 Å². The van der Waals surface area contributed by atoms with E-state index in [9.17, 15) is 9.59 Å². The maximum Gasteiger partial charge on any atom is 0.271 e. The van der Waals surface area contributed by atoms with E-state index in [-0.39, 0.29) is 18.2 Å². The van der Waals surface area contributed by atoms with E-state index in [1.54, 1.807) is 24.3 Å². The van der Waals surface area contributed by atoms with Crippen LogP contribution in [-0.4, -0.2) is 17.5 Å². The number of nitrogens with zero attached hydrogens (tertiary/aromatic N) is 2. The molecule has 0 spiro atoms. The number of carbonyl (C=O) groups is 2. The Labute approximate surface area is 144 Å². The molecule has 0 fully saturated rings. The van der Waals surface area contributed by atoms with Crippen molar-refractivity contribution in [3.8, 4) is 0 Å². The first-order chi connectivity index (χ1) is 11.5. The van der Waals surface area contributed by atoms with Crippen LogP contribution in [0, 0.1) is 6.92 Å². The molecule has 5 nitrogen and oxygen atoms in total. The molecule has 24 heavy (non-hydrogen) atoms. The Kier molecular flexibility index (Phi) is 4.62.